The van der Waals surface area contributed by atoms with Crippen LogP contribution >= 0.6 is 11.6 Å². The van der Waals surface area contributed by atoms with E-state index in [0.717, 1.165) is 6.20 Å². The molecular formula is C9H9ClF2N2O2. The van der Waals surface area contributed by atoms with Gasteiger partial charge in [0.15, 0.2) is 0 Å². The summed E-state index contributed by atoms with van der Waals surface area (Å²) in [5.41, 5.74) is 5.04. The van der Waals surface area contributed by atoms with E-state index in [1.807, 2.05) is 0 Å². The fourth-order valence-electron chi connectivity index (χ4n) is 1.06. The number of pyridine rings is 1. The number of nitrogens with zero attached hydrogens (tertiary/aromatic N) is 1. The third kappa shape index (κ3) is 2.57. The molecule has 88 valence electrons. The summed E-state index contributed by atoms with van der Waals surface area (Å²) in [5.74, 6) is -0.569. The molecule has 0 spiro atoms. The number of nitrogen functional groups attached to an aromatic ring is 1. The molecule has 0 radical (unpaired) electrons. The normalized spacial score (nSPS) is 10.6. The van der Waals surface area contributed by atoms with Crippen molar-refractivity contribution >= 4 is 23.3 Å². The van der Waals surface area contributed by atoms with Crippen molar-refractivity contribution in [2.24, 2.45) is 0 Å². The number of carbonyl (C=O) groups is 1. The summed E-state index contributed by atoms with van der Waals surface area (Å²) in [6.07, 6.45) is -2.05. The molecule has 1 heterocycles. The molecule has 0 fully saturated rings. The number of hydrogen-bond donors (Lipinski definition) is 1. The van der Waals surface area contributed by atoms with E-state index in [0.29, 0.717) is 0 Å². The van der Waals surface area contributed by atoms with Gasteiger partial charge < -0.3 is 10.5 Å². The Labute approximate surface area is 95.4 Å². The van der Waals surface area contributed by atoms with Crippen molar-refractivity contribution in [3.63, 3.8) is 0 Å². The zero-order valence-electron chi connectivity index (χ0n) is 8.34. The van der Waals surface area contributed by atoms with E-state index in [2.05, 4.69) is 9.72 Å². The highest BCUT2D eigenvalue weighted by atomic mass is 35.5. The van der Waals surface area contributed by atoms with E-state index in [1.165, 1.54) is 7.11 Å². The molecule has 1 aromatic rings. The number of nitrogens with two attached hydrogens (primary N) is 1. The third-order valence-corrected chi connectivity index (χ3v) is 2.36. The Morgan fingerprint density at radius 1 is 1.69 bits per heavy atom. The lowest BCUT2D eigenvalue weighted by Gasteiger charge is -2.09. The van der Waals surface area contributed by atoms with Gasteiger partial charge in [0.05, 0.1) is 35.5 Å². The average Bonchev–Trinajstić information content (AvgIpc) is 2.24. The number of ether oxygens (including phenoxy) is 1. The minimum Gasteiger partial charge on any atom is -0.469 e. The van der Waals surface area contributed by atoms with E-state index in [4.69, 9.17) is 17.3 Å². The molecule has 0 saturated carbocycles. The number of rotatable bonds is 3. The first kappa shape index (κ1) is 12.6. The summed E-state index contributed by atoms with van der Waals surface area (Å²) in [7, 11) is 1.20. The standard InChI is InChI=1S/C9H9ClF2N2O2/c1-16-6(15)2-5-8(13)7(10)4(3-14-5)9(11)12/h3,9H,2,13H2,1H3. The van der Waals surface area contributed by atoms with Crippen LogP contribution in [-0.2, 0) is 16.0 Å². The molecule has 0 amide bonds. The molecule has 0 saturated heterocycles. The maximum Gasteiger partial charge on any atom is 0.311 e. The van der Waals surface area contributed by atoms with Gasteiger partial charge in [-0.25, -0.2) is 8.78 Å². The molecule has 16 heavy (non-hydrogen) atoms. The van der Waals surface area contributed by atoms with Crippen molar-refractivity contribution in [2.75, 3.05) is 12.8 Å². The van der Waals surface area contributed by atoms with Crippen molar-refractivity contribution in [3.05, 3.63) is 22.5 Å². The van der Waals surface area contributed by atoms with Crippen molar-refractivity contribution in [1.82, 2.24) is 4.98 Å². The van der Waals surface area contributed by atoms with Crippen molar-refractivity contribution in [2.45, 2.75) is 12.8 Å². The number of alkyl halides is 2. The highest BCUT2D eigenvalue weighted by Gasteiger charge is 2.18. The lowest BCUT2D eigenvalue weighted by atomic mass is 10.2. The predicted molar refractivity (Wildman–Crippen MR) is 54.3 cm³/mol. The zero-order chi connectivity index (χ0) is 12.3. The van der Waals surface area contributed by atoms with Crippen LogP contribution in [-0.4, -0.2) is 18.1 Å². The summed E-state index contributed by atoms with van der Waals surface area (Å²) in [4.78, 5) is 14.6. The van der Waals surface area contributed by atoms with Gasteiger partial charge in [-0.1, -0.05) is 11.6 Å². The highest BCUT2D eigenvalue weighted by Crippen LogP contribution is 2.32. The van der Waals surface area contributed by atoms with Crippen LogP contribution in [0.4, 0.5) is 14.5 Å². The fourth-order valence-corrected chi connectivity index (χ4v) is 1.30. The first-order valence-electron chi connectivity index (χ1n) is 4.25. The molecular weight excluding hydrogens is 242 g/mol. The first-order valence-corrected chi connectivity index (χ1v) is 4.62. The van der Waals surface area contributed by atoms with E-state index < -0.39 is 18.0 Å². The molecule has 4 nitrogen and oxygen atoms in total. The van der Waals surface area contributed by atoms with Gasteiger partial charge in [0.2, 0.25) is 0 Å². The smallest absolute Gasteiger partial charge is 0.311 e. The van der Waals surface area contributed by atoms with E-state index in [-0.39, 0.29) is 22.8 Å². The number of hydrogen-bond acceptors (Lipinski definition) is 4. The van der Waals surface area contributed by atoms with Crippen molar-refractivity contribution in [1.29, 1.82) is 0 Å². The van der Waals surface area contributed by atoms with Crippen LogP contribution in [0.1, 0.15) is 17.7 Å². The number of aromatic nitrogens is 1. The van der Waals surface area contributed by atoms with Crippen LogP contribution in [0.2, 0.25) is 5.02 Å². The second-order valence-electron chi connectivity index (χ2n) is 2.94. The number of anilines is 1. The monoisotopic (exact) mass is 250 g/mol. The molecule has 0 aliphatic heterocycles. The lowest BCUT2D eigenvalue weighted by molar-refractivity contribution is -0.139. The summed E-state index contributed by atoms with van der Waals surface area (Å²) in [5, 5.41) is -0.274. The first-order chi connectivity index (χ1) is 7.47. The largest absolute Gasteiger partial charge is 0.469 e. The van der Waals surface area contributed by atoms with Crippen LogP contribution in [0, 0.1) is 0 Å². The maximum atomic E-state index is 12.4. The van der Waals surface area contributed by atoms with E-state index >= 15 is 0 Å². The summed E-state index contributed by atoms with van der Waals surface area (Å²) in [6.45, 7) is 0. The Balaban J connectivity index is 3.07. The summed E-state index contributed by atoms with van der Waals surface area (Å²) >= 11 is 5.62. The maximum absolute atomic E-state index is 12.4. The molecule has 1 aromatic heterocycles. The Morgan fingerprint density at radius 2 is 2.31 bits per heavy atom. The van der Waals surface area contributed by atoms with Crippen LogP contribution in [0.5, 0.6) is 0 Å². The molecule has 1 rings (SSSR count). The topological polar surface area (TPSA) is 65.2 Å². The van der Waals surface area contributed by atoms with E-state index in [9.17, 15) is 13.6 Å². The lowest BCUT2D eigenvalue weighted by Crippen LogP contribution is -2.10. The number of halogens is 3. The summed E-state index contributed by atoms with van der Waals surface area (Å²) < 4.78 is 29.2. The van der Waals surface area contributed by atoms with Crippen LogP contribution in [0.15, 0.2) is 6.20 Å². The zero-order valence-corrected chi connectivity index (χ0v) is 9.09. The van der Waals surface area contributed by atoms with Crippen molar-refractivity contribution in [3.8, 4) is 0 Å². The minimum absolute atomic E-state index is 0.120. The molecule has 0 bridgehead atoms. The Bertz CT molecular complexity index is 413. The number of methoxy groups -OCH3 is 1. The molecule has 2 N–H and O–H groups in total. The Hall–Kier alpha value is -1.43. The minimum atomic E-state index is -2.76. The van der Waals surface area contributed by atoms with Crippen LogP contribution in [0.25, 0.3) is 0 Å². The molecule has 0 atom stereocenters. The molecule has 0 aliphatic rings. The predicted octanol–water partition coefficient (Wildman–Crippen LogP) is 1.97. The van der Waals surface area contributed by atoms with E-state index in [1.54, 1.807) is 0 Å². The highest BCUT2D eigenvalue weighted by molar-refractivity contribution is 6.34. The van der Waals surface area contributed by atoms with Gasteiger partial charge in [-0.05, 0) is 0 Å². The second kappa shape index (κ2) is 5.07. The van der Waals surface area contributed by atoms with Crippen LogP contribution < -0.4 is 5.73 Å². The van der Waals surface area contributed by atoms with Gasteiger partial charge in [-0.2, -0.15) is 0 Å². The second-order valence-corrected chi connectivity index (χ2v) is 3.32. The number of carbonyl (C=O) groups excluding carboxylic acids is 1. The van der Waals surface area contributed by atoms with Crippen molar-refractivity contribution < 1.29 is 18.3 Å². The quantitative estimate of drug-likeness (QED) is 0.833. The molecule has 0 aliphatic carbocycles. The summed E-state index contributed by atoms with van der Waals surface area (Å²) in [6, 6.07) is 0. The van der Waals surface area contributed by atoms with Gasteiger partial charge in [-0.3, -0.25) is 9.78 Å². The Kier molecular flexibility index (Phi) is 4.00. The molecule has 7 heteroatoms. The van der Waals surface area contributed by atoms with Gasteiger partial charge in [0.1, 0.15) is 0 Å². The van der Waals surface area contributed by atoms with Gasteiger partial charge in [0, 0.05) is 6.20 Å². The van der Waals surface area contributed by atoms with Gasteiger partial charge >= 0.3 is 5.97 Å². The average molecular weight is 251 g/mol. The molecule has 0 unspecified atom stereocenters. The fraction of sp³-hybridized carbons (Fsp3) is 0.333. The van der Waals surface area contributed by atoms with Gasteiger partial charge in [-0.15, -0.1) is 0 Å². The SMILES string of the molecule is COC(=O)Cc1ncc(C(F)F)c(Cl)c1N. The number of esters is 1. The molecule has 0 aromatic carbocycles. The Morgan fingerprint density at radius 3 is 2.81 bits per heavy atom. The van der Waals surface area contributed by atoms with Gasteiger partial charge in [0.25, 0.3) is 6.43 Å². The van der Waals surface area contributed by atoms with Crippen LogP contribution in [0.3, 0.4) is 0 Å². The third-order valence-electron chi connectivity index (χ3n) is 1.93.